The molecule has 0 unspecified atom stereocenters. The molecule has 0 saturated carbocycles. The zero-order chi connectivity index (χ0) is 17.5. The normalized spacial score (nSPS) is 17.0. The molecule has 1 fully saturated rings. The second-order valence-electron chi connectivity index (χ2n) is 6.42. The maximum atomic E-state index is 5.18. The average molecular weight is 344 g/mol. The molecule has 1 atom stereocenters. The molecule has 25 heavy (non-hydrogen) atoms. The van der Waals surface area contributed by atoms with Gasteiger partial charge in [-0.15, -0.1) is 5.10 Å². The summed E-state index contributed by atoms with van der Waals surface area (Å²) in [4.78, 5) is 4.98. The van der Waals surface area contributed by atoms with Crippen molar-refractivity contribution in [2.75, 3.05) is 44.8 Å². The van der Waals surface area contributed by atoms with E-state index < -0.39 is 0 Å². The molecule has 1 saturated heterocycles. The van der Waals surface area contributed by atoms with Crippen LogP contribution < -0.4 is 4.90 Å². The van der Waals surface area contributed by atoms with Crippen LogP contribution in [0.15, 0.2) is 30.3 Å². The number of nitrogens with zero attached hydrogens (tertiary/aromatic N) is 6. The summed E-state index contributed by atoms with van der Waals surface area (Å²) in [6.07, 6.45) is 2.18. The molecule has 1 aromatic carbocycles. The van der Waals surface area contributed by atoms with E-state index >= 15 is 0 Å². The lowest BCUT2D eigenvalue weighted by Crippen LogP contribution is -2.48. The van der Waals surface area contributed by atoms with Crippen molar-refractivity contribution in [1.29, 1.82) is 0 Å². The fourth-order valence-electron chi connectivity index (χ4n) is 3.47. The molecule has 0 spiro atoms. The third-order valence-electron chi connectivity index (χ3n) is 4.80. The molecule has 1 aromatic heterocycles. The second kappa shape index (κ2) is 8.92. The minimum Gasteiger partial charge on any atom is -0.383 e. The van der Waals surface area contributed by atoms with Crippen LogP contribution in [0.1, 0.15) is 31.6 Å². The van der Waals surface area contributed by atoms with E-state index in [1.54, 1.807) is 7.11 Å². The monoisotopic (exact) mass is 344 g/mol. The van der Waals surface area contributed by atoms with Gasteiger partial charge in [-0.05, 0) is 29.0 Å². The molecule has 136 valence electrons. The summed E-state index contributed by atoms with van der Waals surface area (Å²) in [5, 5.41) is 12.4. The van der Waals surface area contributed by atoms with E-state index in [1.807, 2.05) is 4.68 Å². The van der Waals surface area contributed by atoms with Crippen LogP contribution in [0.4, 0.5) is 5.69 Å². The van der Waals surface area contributed by atoms with Crippen molar-refractivity contribution in [1.82, 2.24) is 25.1 Å². The minimum absolute atomic E-state index is 0.273. The molecule has 7 heteroatoms. The van der Waals surface area contributed by atoms with Gasteiger partial charge < -0.3 is 9.64 Å². The molecular formula is C18H28N6O. The van der Waals surface area contributed by atoms with Crippen molar-refractivity contribution in [2.24, 2.45) is 0 Å². The van der Waals surface area contributed by atoms with Gasteiger partial charge in [-0.25, -0.2) is 4.68 Å². The molecule has 1 aliphatic heterocycles. The first-order valence-electron chi connectivity index (χ1n) is 9.12. The van der Waals surface area contributed by atoms with Crippen molar-refractivity contribution in [3.8, 4) is 0 Å². The van der Waals surface area contributed by atoms with Crippen molar-refractivity contribution in [3.63, 3.8) is 0 Å². The van der Waals surface area contributed by atoms with Gasteiger partial charge in [0, 0.05) is 39.0 Å². The number of tetrazole rings is 1. The molecule has 0 N–H and O–H groups in total. The van der Waals surface area contributed by atoms with Crippen LogP contribution in [0.3, 0.4) is 0 Å². The highest BCUT2D eigenvalue weighted by atomic mass is 16.5. The highest BCUT2D eigenvalue weighted by Crippen LogP contribution is 2.26. The number of methoxy groups -OCH3 is 1. The van der Waals surface area contributed by atoms with Gasteiger partial charge in [-0.2, -0.15) is 0 Å². The number of piperazine rings is 1. The molecule has 2 aromatic rings. The topological polar surface area (TPSA) is 59.3 Å². The Morgan fingerprint density at radius 2 is 1.88 bits per heavy atom. The van der Waals surface area contributed by atoms with E-state index in [0.29, 0.717) is 13.2 Å². The SMILES string of the molecule is CCC[C@H](c1nnnn1CCOC)N1CCN(c2ccccc2)CC1. The highest BCUT2D eigenvalue weighted by molar-refractivity contribution is 5.46. The Morgan fingerprint density at radius 3 is 2.56 bits per heavy atom. The van der Waals surface area contributed by atoms with Crippen LogP contribution in [0.2, 0.25) is 0 Å². The highest BCUT2D eigenvalue weighted by Gasteiger charge is 2.28. The molecule has 7 nitrogen and oxygen atoms in total. The van der Waals surface area contributed by atoms with Crippen molar-refractivity contribution in [2.45, 2.75) is 32.4 Å². The maximum absolute atomic E-state index is 5.18. The molecule has 0 bridgehead atoms. The summed E-state index contributed by atoms with van der Waals surface area (Å²) in [5.74, 6) is 0.965. The van der Waals surface area contributed by atoms with Crippen molar-refractivity contribution < 1.29 is 4.74 Å². The Morgan fingerprint density at radius 1 is 1.12 bits per heavy atom. The molecular weight excluding hydrogens is 316 g/mol. The zero-order valence-corrected chi connectivity index (χ0v) is 15.2. The van der Waals surface area contributed by atoms with Crippen LogP contribution >= 0.6 is 0 Å². The number of hydrogen-bond acceptors (Lipinski definition) is 6. The van der Waals surface area contributed by atoms with Crippen LogP contribution in [-0.4, -0.2) is 65.0 Å². The lowest BCUT2D eigenvalue weighted by Gasteiger charge is -2.39. The molecule has 3 rings (SSSR count). The summed E-state index contributed by atoms with van der Waals surface area (Å²) in [5.41, 5.74) is 1.30. The molecule has 2 heterocycles. The van der Waals surface area contributed by atoms with Gasteiger partial charge in [0.15, 0.2) is 5.82 Å². The van der Waals surface area contributed by atoms with E-state index in [9.17, 15) is 0 Å². The molecule has 0 aliphatic carbocycles. The van der Waals surface area contributed by atoms with E-state index in [-0.39, 0.29) is 6.04 Å². The lowest BCUT2D eigenvalue weighted by atomic mass is 10.1. The summed E-state index contributed by atoms with van der Waals surface area (Å²) >= 11 is 0. The largest absolute Gasteiger partial charge is 0.383 e. The van der Waals surface area contributed by atoms with E-state index in [1.165, 1.54) is 5.69 Å². The Kier molecular flexibility index (Phi) is 6.36. The van der Waals surface area contributed by atoms with Crippen molar-refractivity contribution in [3.05, 3.63) is 36.2 Å². The maximum Gasteiger partial charge on any atom is 0.168 e. The quantitative estimate of drug-likeness (QED) is 0.730. The van der Waals surface area contributed by atoms with E-state index in [4.69, 9.17) is 4.74 Å². The first-order chi connectivity index (χ1) is 12.3. The van der Waals surface area contributed by atoms with Crippen LogP contribution in [0.5, 0.6) is 0 Å². The predicted molar refractivity (Wildman–Crippen MR) is 97.6 cm³/mol. The fraction of sp³-hybridized carbons (Fsp3) is 0.611. The first kappa shape index (κ1) is 17.8. The van der Waals surface area contributed by atoms with Gasteiger partial charge in [-0.3, -0.25) is 4.90 Å². The van der Waals surface area contributed by atoms with Crippen LogP contribution in [-0.2, 0) is 11.3 Å². The number of aromatic nitrogens is 4. The van der Waals surface area contributed by atoms with Gasteiger partial charge in [0.05, 0.1) is 19.2 Å². The van der Waals surface area contributed by atoms with Crippen LogP contribution in [0.25, 0.3) is 0 Å². The number of ether oxygens (including phenoxy) is 1. The molecule has 0 amide bonds. The number of benzene rings is 1. The summed E-state index contributed by atoms with van der Waals surface area (Å²) in [6.45, 7) is 7.65. The van der Waals surface area contributed by atoms with E-state index in [2.05, 4.69) is 62.6 Å². The Labute approximate surface area is 149 Å². The Bertz CT molecular complexity index is 624. The van der Waals surface area contributed by atoms with Crippen LogP contribution in [0, 0.1) is 0 Å². The third kappa shape index (κ3) is 4.35. The zero-order valence-electron chi connectivity index (χ0n) is 15.2. The Hall–Kier alpha value is -1.99. The predicted octanol–water partition coefficient (Wildman–Crippen LogP) is 1.98. The summed E-state index contributed by atoms with van der Waals surface area (Å²) < 4.78 is 7.08. The average Bonchev–Trinajstić information content (AvgIpc) is 3.13. The van der Waals surface area contributed by atoms with Gasteiger partial charge in [0.25, 0.3) is 0 Å². The van der Waals surface area contributed by atoms with Gasteiger partial charge >= 0.3 is 0 Å². The fourth-order valence-corrected chi connectivity index (χ4v) is 3.47. The third-order valence-corrected chi connectivity index (χ3v) is 4.80. The number of hydrogen-bond donors (Lipinski definition) is 0. The van der Waals surface area contributed by atoms with Gasteiger partial charge in [0.1, 0.15) is 0 Å². The van der Waals surface area contributed by atoms with Gasteiger partial charge in [-0.1, -0.05) is 31.5 Å². The number of para-hydroxylation sites is 1. The minimum atomic E-state index is 0.273. The number of anilines is 1. The number of rotatable bonds is 8. The standard InChI is InChI=1S/C18H28N6O/c1-3-7-17(18-19-20-21-24(18)14-15-25-2)23-12-10-22(11-13-23)16-8-5-4-6-9-16/h4-6,8-9,17H,3,7,10-15H2,1-2H3/t17-/m1/s1. The van der Waals surface area contributed by atoms with Crippen molar-refractivity contribution >= 4 is 5.69 Å². The smallest absolute Gasteiger partial charge is 0.168 e. The van der Waals surface area contributed by atoms with E-state index in [0.717, 1.165) is 44.8 Å². The molecule has 0 radical (unpaired) electrons. The summed E-state index contributed by atoms with van der Waals surface area (Å²) in [6, 6.07) is 10.9. The Balaban J connectivity index is 1.67. The lowest BCUT2D eigenvalue weighted by molar-refractivity contribution is 0.153. The van der Waals surface area contributed by atoms with Gasteiger partial charge in [0.2, 0.25) is 0 Å². The summed E-state index contributed by atoms with van der Waals surface area (Å²) in [7, 11) is 1.70. The first-order valence-corrected chi connectivity index (χ1v) is 9.12. The molecule has 1 aliphatic rings. The second-order valence-corrected chi connectivity index (χ2v) is 6.42.